The molecule has 2 aliphatic carbocycles. The van der Waals surface area contributed by atoms with Crippen molar-refractivity contribution in [3.05, 3.63) is 42.0 Å². The molecule has 2 bridgehead atoms. The van der Waals surface area contributed by atoms with Crippen molar-refractivity contribution in [2.45, 2.75) is 13.3 Å². The monoisotopic (exact) mass is 343 g/mol. The highest BCUT2D eigenvalue weighted by Gasteiger charge is 2.48. The molecule has 0 aromatic heterocycles. The lowest BCUT2D eigenvalue weighted by atomic mass is 9.82. The Balaban J connectivity index is 1.62. The van der Waals surface area contributed by atoms with Gasteiger partial charge in [0.15, 0.2) is 0 Å². The number of hydrogen-bond acceptors (Lipinski definition) is 5. The first-order valence-electron chi connectivity index (χ1n) is 8.23. The first kappa shape index (κ1) is 17.0. The van der Waals surface area contributed by atoms with E-state index in [2.05, 4.69) is 10.9 Å². The molecule has 0 aliphatic heterocycles. The summed E-state index contributed by atoms with van der Waals surface area (Å²) >= 11 is 0. The van der Waals surface area contributed by atoms with Gasteiger partial charge in [0.25, 0.3) is 5.91 Å². The summed E-state index contributed by atoms with van der Waals surface area (Å²) in [5.41, 5.74) is 5.00. The Morgan fingerprint density at radius 3 is 2.56 bits per heavy atom. The molecule has 3 rings (SSSR count). The number of fused-ring (bicyclic) bond motifs is 2. The number of hydrogen-bond donors (Lipinski definition) is 2. The second kappa shape index (κ2) is 6.96. The quantitative estimate of drug-likeness (QED) is 0.579. The van der Waals surface area contributed by atoms with Crippen molar-refractivity contribution < 1.29 is 24.2 Å². The van der Waals surface area contributed by atoms with Crippen LogP contribution in [-0.2, 0) is 9.59 Å². The van der Waals surface area contributed by atoms with Crippen LogP contribution in [0.5, 0.6) is 5.75 Å². The van der Waals surface area contributed by atoms with Gasteiger partial charge in [-0.1, -0.05) is 18.2 Å². The van der Waals surface area contributed by atoms with Crippen LogP contribution >= 0.6 is 0 Å². The van der Waals surface area contributed by atoms with Crippen LogP contribution < -0.4 is 20.7 Å². The summed E-state index contributed by atoms with van der Waals surface area (Å²) in [4.78, 5) is 35.9. The van der Waals surface area contributed by atoms with E-state index < -0.39 is 29.6 Å². The molecule has 0 heterocycles. The maximum atomic E-state index is 12.4. The molecule has 4 atom stereocenters. The van der Waals surface area contributed by atoms with Gasteiger partial charge in [0.2, 0.25) is 5.91 Å². The van der Waals surface area contributed by atoms with Gasteiger partial charge in [-0.25, -0.2) is 0 Å². The topological polar surface area (TPSA) is 108 Å². The number of carbonyl (C=O) groups is 3. The van der Waals surface area contributed by atoms with Crippen molar-refractivity contribution in [3.63, 3.8) is 0 Å². The zero-order valence-corrected chi connectivity index (χ0v) is 13.7. The summed E-state index contributed by atoms with van der Waals surface area (Å²) < 4.78 is 5.33. The van der Waals surface area contributed by atoms with Gasteiger partial charge in [-0.05, 0) is 43.4 Å². The van der Waals surface area contributed by atoms with Gasteiger partial charge in [-0.3, -0.25) is 20.4 Å². The molecule has 0 radical (unpaired) electrons. The fourth-order valence-corrected chi connectivity index (χ4v) is 3.67. The second-order valence-corrected chi connectivity index (χ2v) is 6.22. The highest BCUT2D eigenvalue weighted by atomic mass is 16.5. The molecular weight excluding hydrogens is 324 g/mol. The fraction of sp³-hybridized carbons (Fsp3) is 0.389. The molecule has 1 aromatic rings. The van der Waals surface area contributed by atoms with Gasteiger partial charge in [-0.2, -0.15) is 0 Å². The van der Waals surface area contributed by atoms with E-state index in [4.69, 9.17) is 4.74 Å². The van der Waals surface area contributed by atoms with Crippen LogP contribution in [0.25, 0.3) is 0 Å². The van der Waals surface area contributed by atoms with Crippen LogP contribution in [0.2, 0.25) is 0 Å². The molecule has 2 N–H and O–H groups in total. The zero-order chi connectivity index (χ0) is 18.0. The summed E-state index contributed by atoms with van der Waals surface area (Å²) in [7, 11) is 0. The first-order valence-corrected chi connectivity index (χ1v) is 8.23. The minimum Gasteiger partial charge on any atom is -0.550 e. The summed E-state index contributed by atoms with van der Waals surface area (Å²) in [6, 6.07) is 6.56. The number of benzene rings is 1. The lowest BCUT2D eigenvalue weighted by Gasteiger charge is -2.27. The lowest BCUT2D eigenvalue weighted by molar-refractivity contribution is -0.313. The number of nitrogens with one attached hydrogen (secondary N) is 2. The predicted octanol–water partition coefficient (Wildman–Crippen LogP) is 0.0345. The Morgan fingerprint density at radius 1 is 1.16 bits per heavy atom. The fourth-order valence-electron chi connectivity index (χ4n) is 3.67. The summed E-state index contributed by atoms with van der Waals surface area (Å²) in [5.74, 6) is -3.58. The Hall–Kier alpha value is -2.83. The van der Waals surface area contributed by atoms with Gasteiger partial charge in [-0.15, -0.1) is 0 Å². The van der Waals surface area contributed by atoms with Crippen LogP contribution in [0.4, 0.5) is 0 Å². The molecule has 7 heteroatoms. The van der Waals surface area contributed by atoms with E-state index in [1.54, 1.807) is 24.3 Å². The second-order valence-electron chi connectivity index (χ2n) is 6.22. The molecular formula is C18H19N2O5-. The van der Waals surface area contributed by atoms with E-state index in [1.807, 2.05) is 19.1 Å². The number of carboxylic acids is 1. The largest absolute Gasteiger partial charge is 0.550 e. The summed E-state index contributed by atoms with van der Waals surface area (Å²) in [6.07, 6.45) is 4.32. The first-order chi connectivity index (χ1) is 12.0. The highest BCUT2D eigenvalue weighted by Crippen LogP contribution is 2.47. The van der Waals surface area contributed by atoms with Gasteiger partial charge < -0.3 is 14.6 Å². The molecule has 7 nitrogen and oxygen atoms in total. The van der Waals surface area contributed by atoms with E-state index in [-0.39, 0.29) is 11.8 Å². The summed E-state index contributed by atoms with van der Waals surface area (Å²) in [6.45, 7) is 2.31. The van der Waals surface area contributed by atoms with E-state index in [1.165, 1.54) is 0 Å². The molecule has 1 fully saturated rings. The number of amides is 2. The molecule has 25 heavy (non-hydrogen) atoms. The number of aliphatic carboxylic acids is 1. The van der Waals surface area contributed by atoms with Crippen LogP contribution in [0.15, 0.2) is 36.4 Å². The molecule has 1 aromatic carbocycles. The number of ether oxygens (including phenoxy) is 1. The van der Waals surface area contributed by atoms with Crippen molar-refractivity contribution >= 4 is 17.8 Å². The maximum absolute atomic E-state index is 12.4. The van der Waals surface area contributed by atoms with E-state index >= 15 is 0 Å². The van der Waals surface area contributed by atoms with Crippen LogP contribution in [-0.4, -0.2) is 24.4 Å². The Kier molecular flexibility index (Phi) is 4.74. The molecule has 0 unspecified atom stereocenters. The van der Waals surface area contributed by atoms with Gasteiger partial charge in [0.05, 0.1) is 12.5 Å². The average molecular weight is 343 g/mol. The number of hydrazine groups is 1. The summed E-state index contributed by atoms with van der Waals surface area (Å²) in [5, 5.41) is 11.3. The van der Waals surface area contributed by atoms with Gasteiger partial charge in [0, 0.05) is 17.5 Å². The molecule has 1 saturated carbocycles. The Bertz CT molecular complexity index is 730. The van der Waals surface area contributed by atoms with Gasteiger partial charge in [0.1, 0.15) is 5.75 Å². The minimum absolute atomic E-state index is 0.133. The standard InChI is InChI=1S/C18H20N2O5/c1-2-25-13-5-3-4-12(9-13)16(21)19-20-17(22)14-10-6-7-11(8-10)15(14)18(23)24/h3-7,9-11,14-15H,2,8H2,1H3,(H,19,21)(H,20,22)(H,23,24)/p-1/t10-,11-,14-,15-/m0/s1. The lowest BCUT2D eigenvalue weighted by Crippen LogP contribution is -2.50. The molecule has 0 saturated heterocycles. The average Bonchev–Trinajstić information content (AvgIpc) is 3.21. The van der Waals surface area contributed by atoms with Crippen LogP contribution in [0, 0.1) is 23.7 Å². The van der Waals surface area contributed by atoms with Crippen LogP contribution in [0.3, 0.4) is 0 Å². The van der Waals surface area contributed by atoms with Crippen molar-refractivity contribution in [2.24, 2.45) is 23.7 Å². The SMILES string of the molecule is CCOc1cccc(C(=O)NNC(=O)[C@@H]2[C@@H](C(=O)[O-])[C@H]3C=C[C@H]2C3)c1. The number of rotatable bonds is 5. The smallest absolute Gasteiger partial charge is 0.269 e. The van der Waals surface area contributed by atoms with Crippen molar-refractivity contribution in [2.75, 3.05) is 6.61 Å². The molecule has 132 valence electrons. The normalized spacial score (nSPS) is 26.3. The Morgan fingerprint density at radius 2 is 1.88 bits per heavy atom. The van der Waals surface area contributed by atoms with Crippen LogP contribution in [0.1, 0.15) is 23.7 Å². The molecule has 2 aliphatic rings. The van der Waals surface area contributed by atoms with Gasteiger partial charge >= 0.3 is 0 Å². The zero-order valence-electron chi connectivity index (χ0n) is 13.7. The minimum atomic E-state index is -1.23. The maximum Gasteiger partial charge on any atom is 0.269 e. The Labute approximate surface area is 145 Å². The van der Waals surface area contributed by atoms with E-state index in [0.717, 1.165) is 0 Å². The van der Waals surface area contributed by atoms with Crippen molar-refractivity contribution in [1.29, 1.82) is 0 Å². The highest BCUT2D eigenvalue weighted by molar-refractivity contribution is 5.96. The van der Waals surface area contributed by atoms with E-state index in [9.17, 15) is 19.5 Å². The van der Waals surface area contributed by atoms with E-state index in [0.29, 0.717) is 24.3 Å². The third-order valence-electron chi connectivity index (χ3n) is 4.74. The van der Waals surface area contributed by atoms with Crippen molar-refractivity contribution in [3.8, 4) is 5.75 Å². The number of carboxylic acid groups (broad SMARTS) is 1. The third kappa shape index (κ3) is 3.35. The predicted molar refractivity (Wildman–Crippen MR) is 85.9 cm³/mol. The number of allylic oxidation sites excluding steroid dienone is 2. The molecule has 2 amide bonds. The number of carbonyl (C=O) groups excluding carboxylic acids is 3. The van der Waals surface area contributed by atoms with Crippen molar-refractivity contribution in [1.82, 2.24) is 10.9 Å². The molecule has 0 spiro atoms. The third-order valence-corrected chi connectivity index (χ3v) is 4.74.